The van der Waals surface area contributed by atoms with Crippen LogP contribution in [0.25, 0.3) is 87.8 Å². The van der Waals surface area contributed by atoms with Gasteiger partial charge < -0.3 is 9.13 Å². The molecule has 0 amide bonds. The maximum atomic E-state index is 4.90. The standard InChI is InChI=1S/C46H31N3/c1-46(2)37-26-42-35(31-16-6-8-18-39(31)48(42)30-14-4-3-5-15-30)24-33(37)34-25-36-32-17-7-9-19-40(32)49(43(36)27-38(34)46)41-20-10-12-28-21-22-29-13-11-23-47-45(29)44(28)41/h3-27H,1-2H3. The van der Waals surface area contributed by atoms with E-state index in [4.69, 9.17) is 4.98 Å². The van der Waals surface area contributed by atoms with Crippen molar-refractivity contribution in [1.82, 2.24) is 14.1 Å². The number of benzene rings is 7. The predicted octanol–water partition coefficient (Wildman–Crippen LogP) is 11.9. The molecule has 0 N–H and O–H groups in total. The zero-order valence-electron chi connectivity index (χ0n) is 27.3. The number of para-hydroxylation sites is 3. The number of fused-ring (bicyclic) bond motifs is 12. The van der Waals surface area contributed by atoms with Crippen LogP contribution in [-0.2, 0) is 5.41 Å². The molecule has 49 heavy (non-hydrogen) atoms. The Labute approximate surface area is 283 Å². The van der Waals surface area contributed by atoms with Gasteiger partial charge in [0, 0.05) is 49.6 Å². The summed E-state index contributed by atoms with van der Waals surface area (Å²) in [6, 6.07) is 53.6. The summed E-state index contributed by atoms with van der Waals surface area (Å²) in [7, 11) is 0. The highest BCUT2D eigenvalue weighted by Gasteiger charge is 2.37. The van der Waals surface area contributed by atoms with Gasteiger partial charge in [0.25, 0.3) is 0 Å². The Morgan fingerprint density at radius 1 is 0.469 bits per heavy atom. The van der Waals surface area contributed by atoms with E-state index in [1.807, 2.05) is 12.3 Å². The smallest absolute Gasteiger partial charge is 0.0801 e. The van der Waals surface area contributed by atoms with Gasteiger partial charge in [-0.15, -0.1) is 0 Å². The normalized spacial score (nSPS) is 13.7. The molecule has 0 aliphatic heterocycles. The number of hydrogen-bond acceptors (Lipinski definition) is 1. The molecule has 1 aliphatic carbocycles. The van der Waals surface area contributed by atoms with Gasteiger partial charge in [0.1, 0.15) is 0 Å². The van der Waals surface area contributed by atoms with Crippen molar-refractivity contribution in [2.45, 2.75) is 19.3 Å². The highest BCUT2D eigenvalue weighted by Crippen LogP contribution is 2.53. The van der Waals surface area contributed by atoms with Crippen molar-refractivity contribution in [2.24, 2.45) is 0 Å². The van der Waals surface area contributed by atoms with Crippen molar-refractivity contribution in [1.29, 1.82) is 0 Å². The second-order valence-corrected chi connectivity index (χ2v) is 14.0. The number of rotatable bonds is 2. The molecule has 0 spiro atoms. The Balaban J connectivity index is 1.24. The molecular weight excluding hydrogens is 595 g/mol. The minimum atomic E-state index is -0.195. The van der Waals surface area contributed by atoms with Crippen LogP contribution >= 0.6 is 0 Å². The molecule has 0 bridgehead atoms. The molecule has 3 aromatic heterocycles. The highest BCUT2D eigenvalue weighted by molar-refractivity contribution is 6.17. The molecule has 0 unspecified atom stereocenters. The van der Waals surface area contributed by atoms with Crippen molar-refractivity contribution in [2.75, 3.05) is 0 Å². The van der Waals surface area contributed by atoms with E-state index in [-0.39, 0.29) is 5.41 Å². The lowest BCUT2D eigenvalue weighted by atomic mass is 9.82. The van der Waals surface area contributed by atoms with E-state index in [0.717, 1.165) is 16.6 Å². The average molecular weight is 626 g/mol. The van der Waals surface area contributed by atoms with Crippen molar-refractivity contribution in [3.8, 4) is 22.5 Å². The van der Waals surface area contributed by atoms with E-state index in [2.05, 4.69) is 163 Å². The second-order valence-electron chi connectivity index (χ2n) is 14.0. The molecule has 3 nitrogen and oxygen atoms in total. The van der Waals surface area contributed by atoms with Crippen LogP contribution < -0.4 is 0 Å². The molecule has 3 heterocycles. The first kappa shape index (κ1) is 26.8. The van der Waals surface area contributed by atoms with Crippen LogP contribution in [0.4, 0.5) is 0 Å². The summed E-state index contributed by atoms with van der Waals surface area (Å²) in [6.45, 7) is 4.79. The summed E-state index contributed by atoms with van der Waals surface area (Å²) < 4.78 is 4.91. The van der Waals surface area contributed by atoms with E-state index >= 15 is 0 Å². The van der Waals surface area contributed by atoms with E-state index < -0.39 is 0 Å². The van der Waals surface area contributed by atoms with Crippen molar-refractivity contribution in [3.63, 3.8) is 0 Å². The lowest BCUT2D eigenvalue weighted by Gasteiger charge is -2.22. The fraction of sp³-hybridized carbons (Fsp3) is 0.0652. The maximum Gasteiger partial charge on any atom is 0.0801 e. The molecule has 0 saturated carbocycles. The predicted molar refractivity (Wildman–Crippen MR) is 205 cm³/mol. The summed E-state index contributed by atoms with van der Waals surface area (Å²) in [5, 5.41) is 8.64. The van der Waals surface area contributed by atoms with Gasteiger partial charge in [-0.05, 0) is 88.3 Å². The molecule has 0 fully saturated rings. The SMILES string of the molecule is CC1(C)c2cc3c(cc2-c2cc4c5ccccc5n(-c5cccc6ccc7cccnc7c56)c4cc21)c1ccccc1n3-c1ccccc1. The van der Waals surface area contributed by atoms with Crippen LogP contribution in [0.1, 0.15) is 25.0 Å². The molecule has 7 aromatic carbocycles. The molecule has 230 valence electrons. The third-order valence-electron chi connectivity index (χ3n) is 11.1. The van der Waals surface area contributed by atoms with Crippen LogP contribution in [-0.4, -0.2) is 14.1 Å². The van der Waals surface area contributed by atoms with E-state index in [9.17, 15) is 0 Å². The second kappa shape index (κ2) is 9.46. The Bertz CT molecular complexity index is 3010. The first-order chi connectivity index (χ1) is 24.1. The first-order valence-corrected chi connectivity index (χ1v) is 17.1. The Morgan fingerprint density at radius 3 is 1.78 bits per heavy atom. The molecule has 0 atom stereocenters. The van der Waals surface area contributed by atoms with Crippen molar-refractivity contribution in [3.05, 3.63) is 163 Å². The Hall–Kier alpha value is -6.19. The van der Waals surface area contributed by atoms with Gasteiger partial charge in [-0.1, -0.05) is 98.8 Å². The van der Waals surface area contributed by atoms with Gasteiger partial charge in [0.15, 0.2) is 0 Å². The van der Waals surface area contributed by atoms with Crippen molar-refractivity contribution < 1.29 is 0 Å². The zero-order valence-corrected chi connectivity index (χ0v) is 27.3. The molecule has 11 rings (SSSR count). The summed E-state index contributed by atoms with van der Waals surface area (Å²) in [6.07, 6.45) is 1.91. The van der Waals surface area contributed by atoms with Crippen LogP contribution in [0.15, 0.2) is 152 Å². The van der Waals surface area contributed by atoms with Crippen LogP contribution in [0, 0.1) is 0 Å². The lowest BCUT2D eigenvalue weighted by molar-refractivity contribution is 0.661. The molecule has 1 aliphatic rings. The zero-order chi connectivity index (χ0) is 32.4. The summed E-state index contributed by atoms with van der Waals surface area (Å²) in [5.74, 6) is 0. The van der Waals surface area contributed by atoms with Crippen LogP contribution in [0.5, 0.6) is 0 Å². The van der Waals surface area contributed by atoms with Gasteiger partial charge >= 0.3 is 0 Å². The number of pyridine rings is 1. The molecule has 3 heteroatoms. The average Bonchev–Trinajstić information content (AvgIpc) is 3.72. The van der Waals surface area contributed by atoms with E-state index in [1.54, 1.807) is 0 Å². The first-order valence-electron chi connectivity index (χ1n) is 17.1. The summed E-state index contributed by atoms with van der Waals surface area (Å²) >= 11 is 0. The van der Waals surface area contributed by atoms with Gasteiger partial charge in [0.05, 0.1) is 33.3 Å². The summed E-state index contributed by atoms with van der Waals surface area (Å²) in [4.78, 5) is 4.90. The number of nitrogens with zero attached hydrogens (tertiary/aromatic N) is 3. The lowest BCUT2D eigenvalue weighted by Crippen LogP contribution is -2.15. The maximum absolute atomic E-state index is 4.90. The molecule has 10 aromatic rings. The Morgan fingerprint density at radius 2 is 1.06 bits per heavy atom. The molecular formula is C46H31N3. The minimum Gasteiger partial charge on any atom is -0.309 e. The highest BCUT2D eigenvalue weighted by atomic mass is 15.0. The Kier molecular flexibility index (Phi) is 5.18. The third kappa shape index (κ3) is 3.49. The van der Waals surface area contributed by atoms with Crippen LogP contribution in [0.2, 0.25) is 0 Å². The molecule has 0 saturated heterocycles. The van der Waals surface area contributed by atoms with Gasteiger partial charge in [-0.2, -0.15) is 0 Å². The molecule has 0 radical (unpaired) electrons. The number of hydrogen-bond donors (Lipinski definition) is 0. The monoisotopic (exact) mass is 625 g/mol. The quantitative estimate of drug-likeness (QED) is 0.175. The number of aromatic nitrogens is 3. The van der Waals surface area contributed by atoms with E-state index in [0.29, 0.717) is 0 Å². The van der Waals surface area contributed by atoms with Gasteiger partial charge in [-0.25, -0.2) is 0 Å². The fourth-order valence-electron chi connectivity index (χ4n) is 8.85. The van der Waals surface area contributed by atoms with Gasteiger partial charge in [-0.3, -0.25) is 4.98 Å². The van der Waals surface area contributed by atoms with E-state index in [1.165, 1.54) is 82.3 Å². The van der Waals surface area contributed by atoms with Crippen molar-refractivity contribution >= 4 is 65.3 Å². The fourth-order valence-corrected chi connectivity index (χ4v) is 8.85. The van der Waals surface area contributed by atoms with Crippen LogP contribution in [0.3, 0.4) is 0 Å². The largest absolute Gasteiger partial charge is 0.309 e. The topological polar surface area (TPSA) is 22.8 Å². The third-order valence-corrected chi connectivity index (χ3v) is 11.1. The minimum absolute atomic E-state index is 0.195. The van der Waals surface area contributed by atoms with Gasteiger partial charge in [0.2, 0.25) is 0 Å². The summed E-state index contributed by atoms with van der Waals surface area (Å²) in [5.41, 5.74) is 13.5.